The fourth-order valence-corrected chi connectivity index (χ4v) is 6.02. The lowest BCUT2D eigenvalue weighted by Gasteiger charge is -2.38. The Balaban J connectivity index is 1.28. The van der Waals surface area contributed by atoms with E-state index in [0.717, 1.165) is 5.56 Å². The van der Waals surface area contributed by atoms with Crippen molar-refractivity contribution in [1.82, 2.24) is 9.80 Å². The molecule has 0 aliphatic carbocycles. The number of benzene rings is 2. The highest BCUT2D eigenvalue weighted by molar-refractivity contribution is 6.02. The quantitative estimate of drug-likeness (QED) is 0.493. The average Bonchev–Trinajstić information content (AvgIpc) is 3.46. The number of esters is 1. The molecule has 3 aliphatic heterocycles. The summed E-state index contributed by atoms with van der Waals surface area (Å²) >= 11 is 0. The summed E-state index contributed by atoms with van der Waals surface area (Å²) in [7, 11) is 0. The zero-order chi connectivity index (χ0) is 30.2. The van der Waals surface area contributed by atoms with Crippen LogP contribution < -0.4 is 10.5 Å². The second kappa shape index (κ2) is 11.3. The number of carbonyl (C=O) groups excluding carboxylic acids is 4. The number of carbonyl (C=O) groups is 4. The molecule has 2 N–H and O–H groups in total. The van der Waals surface area contributed by atoms with E-state index in [2.05, 4.69) is 0 Å². The topological polar surface area (TPSA) is 128 Å². The molecule has 10 nitrogen and oxygen atoms in total. The molecule has 0 aromatic heterocycles. The molecule has 42 heavy (non-hydrogen) atoms. The highest BCUT2D eigenvalue weighted by atomic mass is 19.1. The van der Waals surface area contributed by atoms with Gasteiger partial charge in [-0.3, -0.25) is 14.4 Å². The van der Waals surface area contributed by atoms with E-state index in [1.807, 2.05) is 30.3 Å². The first-order chi connectivity index (χ1) is 19.9. The lowest BCUT2D eigenvalue weighted by atomic mass is 9.73. The molecule has 3 heterocycles. The van der Waals surface area contributed by atoms with Crippen LogP contribution >= 0.6 is 0 Å². The lowest BCUT2D eigenvalue weighted by Crippen LogP contribution is -2.46. The van der Waals surface area contributed by atoms with Crippen molar-refractivity contribution in [2.45, 2.75) is 76.7 Å². The van der Waals surface area contributed by atoms with E-state index >= 15 is 4.39 Å². The van der Waals surface area contributed by atoms with Crippen molar-refractivity contribution in [1.29, 1.82) is 0 Å². The minimum Gasteiger partial charge on any atom is -0.492 e. The maximum absolute atomic E-state index is 15.7. The molecule has 0 unspecified atom stereocenters. The minimum atomic E-state index is -1.07. The predicted octanol–water partition coefficient (Wildman–Crippen LogP) is 3.82. The molecule has 2 aromatic rings. The minimum absolute atomic E-state index is 0.00667. The van der Waals surface area contributed by atoms with Gasteiger partial charge < -0.3 is 29.7 Å². The summed E-state index contributed by atoms with van der Waals surface area (Å²) in [6.45, 7) is 6.34. The van der Waals surface area contributed by atoms with Crippen LogP contribution in [0.3, 0.4) is 0 Å². The molecule has 11 heteroatoms. The number of likely N-dealkylation sites (tertiary alicyclic amines) is 1. The molecule has 0 radical (unpaired) electrons. The second-order valence-corrected chi connectivity index (χ2v) is 12.2. The smallest absolute Gasteiger partial charge is 0.410 e. The van der Waals surface area contributed by atoms with Gasteiger partial charge in [-0.15, -0.1) is 0 Å². The first kappa shape index (κ1) is 29.3. The molecule has 3 aliphatic rings. The summed E-state index contributed by atoms with van der Waals surface area (Å²) in [4.78, 5) is 53.5. The van der Waals surface area contributed by atoms with Crippen molar-refractivity contribution < 1.29 is 37.8 Å². The number of hydrogen-bond donors (Lipinski definition) is 1. The molecule has 1 fully saturated rings. The number of rotatable bonds is 7. The van der Waals surface area contributed by atoms with Crippen LogP contribution in [-0.4, -0.2) is 65.0 Å². The number of hydrogen-bond acceptors (Lipinski definition) is 7. The van der Waals surface area contributed by atoms with Gasteiger partial charge in [-0.25, -0.2) is 9.18 Å². The lowest BCUT2D eigenvalue weighted by molar-refractivity contribution is -0.155. The molecule has 1 spiro atoms. The number of halogens is 1. The van der Waals surface area contributed by atoms with E-state index in [-0.39, 0.29) is 38.2 Å². The van der Waals surface area contributed by atoms with Crippen LogP contribution in [0.4, 0.5) is 9.18 Å². The van der Waals surface area contributed by atoms with Crippen LogP contribution in [0.1, 0.15) is 73.5 Å². The van der Waals surface area contributed by atoms with Gasteiger partial charge in [-0.05, 0) is 51.7 Å². The fourth-order valence-electron chi connectivity index (χ4n) is 6.02. The zero-order valence-electron chi connectivity index (χ0n) is 24.1. The van der Waals surface area contributed by atoms with Gasteiger partial charge in [0.2, 0.25) is 5.91 Å². The first-order valence-electron chi connectivity index (χ1n) is 14.1. The normalized spacial score (nSPS) is 17.9. The van der Waals surface area contributed by atoms with Crippen molar-refractivity contribution in [3.8, 4) is 5.75 Å². The van der Waals surface area contributed by atoms with Crippen molar-refractivity contribution in [3.05, 3.63) is 64.5 Å². The fraction of sp³-hybridized carbons (Fsp3) is 0.484. The van der Waals surface area contributed by atoms with Gasteiger partial charge in [0.25, 0.3) is 5.91 Å². The van der Waals surface area contributed by atoms with Crippen molar-refractivity contribution in [3.63, 3.8) is 0 Å². The largest absolute Gasteiger partial charge is 0.492 e. The highest BCUT2D eigenvalue weighted by Gasteiger charge is 2.49. The van der Waals surface area contributed by atoms with Crippen LogP contribution in [0.15, 0.2) is 36.4 Å². The summed E-state index contributed by atoms with van der Waals surface area (Å²) in [6.07, 6.45) is 0.380. The summed E-state index contributed by atoms with van der Waals surface area (Å²) in [6, 6.07) is 9.54. The standard InChI is InChI=1S/C31H36FN3O7/c1-30(2,3)42-24(36)10-9-23(27(33)37)35-16-21-20(28(35)38)15-22(32)25-26(21)41-18-31(25)11-13-34(14-12-31)29(39)40-17-19-7-5-4-6-8-19/h4-8,15,23H,9-14,16-18H2,1-3H3,(H2,33,37)/t23-/m0/s1. The van der Waals surface area contributed by atoms with Crippen LogP contribution in [-0.2, 0) is 37.6 Å². The summed E-state index contributed by atoms with van der Waals surface area (Å²) < 4.78 is 32.6. The van der Waals surface area contributed by atoms with Crippen molar-refractivity contribution in [2.24, 2.45) is 5.73 Å². The van der Waals surface area contributed by atoms with Crippen LogP contribution in [0.25, 0.3) is 0 Å². The molecule has 224 valence electrons. The third kappa shape index (κ3) is 5.77. The zero-order valence-corrected chi connectivity index (χ0v) is 24.1. The predicted molar refractivity (Wildman–Crippen MR) is 149 cm³/mol. The summed E-state index contributed by atoms with van der Waals surface area (Å²) in [5, 5.41) is 0. The van der Waals surface area contributed by atoms with E-state index in [0.29, 0.717) is 42.8 Å². The third-order valence-corrected chi connectivity index (χ3v) is 8.11. The molecule has 5 rings (SSSR count). The molecular formula is C31H36FN3O7. The Morgan fingerprint density at radius 2 is 1.83 bits per heavy atom. The van der Waals surface area contributed by atoms with Gasteiger partial charge in [0.15, 0.2) is 0 Å². The first-order valence-corrected chi connectivity index (χ1v) is 14.1. The van der Waals surface area contributed by atoms with Crippen molar-refractivity contribution >= 4 is 23.9 Å². The van der Waals surface area contributed by atoms with Crippen LogP contribution in [0.5, 0.6) is 5.75 Å². The van der Waals surface area contributed by atoms with Gasteiger partial charge in [-0.1, -0.05) is 30.3 Å². The highest BCUT2D eigenvalue weighted by Crippen LogP contribution is 2.51. The maximum Gasteiger partial charge on any atom is 0.410 e. The van der Waals surface area contributed by atoms with Gasteiger partial charge in [0, 0.05) is 36.1 Å². The Morgan fingerprint density at radius 1 is 1.14 bits per heavy atom. The Kier molecular flexibility index (Phi) is 7.87. The number of nitrogens with zero attached hydrogens (tertiary/aromatic N) is 2. The molecule has 3 amide bonds. The van der Waals surface area contributed by atoms with Gasteiger partial charge >= 0.3 is 12.1 Å². The number of fused-ring (bicyclic) bond motifs is 4. The SMILES string of the molecule is CC(C)(C)OC(=O)CC[C@@H](C(N)=O)N1Cc2c(cc(F)c3c2OCC32CCN(C(=O)OCc3ccccc3)CC2)C1=O. The number of amides is 3. The molecule has 0 saturated carbocycles. The average molecular weight is 582 g/mol. The van der Waals surface area contributed by atoms with Gasteiger partial charge in [0.05, 0.1) is 18.7 Å². The molecule has 2 aromatic carbocycles. The number of piperidine rings is 1. The van der Waals surface area contributed by atoms with E-state index in [1.165, 1.54) is 11.0 Å². The number of ether oxygens (including phenoxy) is 3. The maximum atomic E-state index is 15.7. The van der Waals surface area contributed by atoms with E-state index in [9.17, 15) is 19.2 Å². The Hall–Kier alpha value is -4.15. The molecule has 0 bridgehead atoms. The van der Waals surface area contributed by atoms with E-state index < -0.39 is 46.8 Å². The van der Waals surface area contributed by atoms with E-state index in [1.54, 1.807) is 25.7 Å². The number of nitrogens with two attached hydrogens (primary N) is 1. The summed E-state index contributed by atoms with van der Waals surface area (Å²) in [5.41, 5.74) is 6.21. The Labute approximate surface area is 243 Å². The van der Waals surface area contributed by atoms with Crippen molar-refractivity contribution in [2.75, 3.05) is 19.7 Å². The number of primary amides is 1. The third-order valence-electron chi connectivity index (χ3n) is 8.11. The van der Waals surface area contributed by atoms with Gasteiger partial charge in [0.1, 0.15) is 29.8 Å². The van der Waals surface area contributed by atoms with E-state index in [4.69, 9.17) is 19.9 Å². The van der Waals surface area contributed by atoms with Crippen LogP contribution in [0, 0.1) is 5.82 Å². The molecular weight excluding hydrogens is 545 g/mol. The monoisotopic (exact) mass is 581 g/mol. The Bertz CT molecular complexity index is 1400. The second-order valence-electron chi connectivity index (χ2n) is 12.2. The van der Waals surface area contributed by atoms with Crippen LogP contribution in [0.2, 0.25) is 0 Å². The van der Waals surface area contributed by atoms with Gasteiger partial charge in [-0.2, -0.15) is 0 Å². The Morgan fingerprint density at radius 3 is 2.48 bits per heavy atom. The molecule has 1 atom stereocenters. The molecule has 1 saturated heterocycles. The summed E-state index contributed by atoms with van der Waals surface area (Å²) in [5.74, 6) is -2.05.